The van der Waals surface area contributed by atoms with Crippen LogP contribution in [-0.2, 0) is 4.74 Å². The number of rotatable bonds is 6. The molecule has 8 nitrogen and oxygen atoms in total. The van der Waals surface area contributed by atoms with Crippen LogP contribution in [-0.4, -0.2) is 84.3 Å². The van der Waals surface area contributed by atoms with Gasteiger partial charge in [-0.15, -0.1) is 0 Å². The molecule has 35 heavy (non-hydrogen) atoms. The predicted octanol–water partition coefficient (Wildman–Crippen LogP) is 2.21. The summed E-state index contributed by atoms with van der Waals surface area (Å²) in [7, 11) is 3.18. The second kappa shape index (κ2) is 11.8. The highest BCUT2D eigenvalue weighted by atomic mass is 19.1. The summed E-state index contributed by atoms with van der Waals surface area (Å²) in [5.74, 6) is 4.68. The molecule has 2 aromatic rings. The molecule has 0 bridgehead atoms. The zero-order chi connectivity index (χ0) is 25.5. The molecule has 1 N–H and O–H groups in total. The van der Waals surface area contributed by atoms with E-state index < -0.39 is 18.0 Å². The van der Waals surface area contributed by atoms with Crippen molar-refractivity contribution in [2.45, 2.75) is 26.0 Å². The molecule has 0 spiro atoms. The molecule has 0 unspecified atom stereocenters. The van der Waals surface area contributed by atoms with E-state index in [1.165, 1.54) is 42.5 Å². The first kappa shape index (κ1) is 26.1. The van der Waals surface area contributed by atoms with E-state index >= 15 is 0 Å². The second-order valence-corrected chi connectivity index (χ2v) is 8.63. The van der Waals surface area contributed by atoms with Crippen LogP contribution in [0.4, 0.5) is 4.39 Å². The van der Waals surface area contributed by atoms with Crippen LogP contribution >= 0.6 is 0 Å². The van der Waals surface area contributed by atoms with Crippen molar-refractivity contribution in [2.24, 2.45) is 5.92 Å². The molecule has 0 aliphatic carbocycles. The van der Waals surface area contributed by atoms with Gasteiger partial charge in [-0.2, -0.15) is 0 Å². The van der Waals surface area contributed by atoms with Crippen molar-refractivity contribution in [3.05, 3.63) is 59.0 Å². The third-order valence-corrected chi connectivity index (χ3v) is 5.86. The Bertz CT molecular complexity index is 1110. The van der Waals surface area contributed by atoms with Crippen LogP contribution in [0.1, 0.15) is 40.1 Å². The standard InChI is InChI=1S/C26H30FN3O5/c1-17-14-30(18(2)16-31)26(33)22-12-19(6-5-11-34-4)13-28-24(22)35-23(17)15-29(3)25(32)20-7-9-21(27)10-8-20/h7-10,12-13,17-18,23,31H,11,14-16H2,1-4H3/t17-,18+,23-/m0/s1. The summed E-state index contributed by atoms with van der Waals surface area (Å²) in [6.07, 6.45) is 1.02. The Labute approximate surface area is 204 Å². The maximum atomic E-state index is 13.4. The van der Waals surface area contributed by atoms with Crippen molar-refractivity contribution in [3.63, 3.8) is 0 Å². The van der Waals surface area contributed by atoms with E-state index in [2.05, 4.69) is 16.8 Å². The van der Waals surface area contributed by atoms with Crippen LogP contribution in [0.25, 0.3) is 0 Å². The van der Waals surface area contributed by atoms with E-state index in [1.807, 2.05) is 6.92 Å². The van der Waals surface area contributed by atoms with Gasteiger partial charge in [0.25, 0.3) is 11.8 Å². The number of nitrogens with zero attached hydrogens (tertiary/aromatic N) is 3. The molecule has 1 aromatic heterocycles. The number of aliphatic hydroxyl groups is 1. The zero-order valence-electron chi connectivity index (χ0n) is 20.3. The van der Waals surface area contributed by atoms with Crippen molar-refractivity contribution in [1.82, 2.24) is 14.8 Å². The topological polar surface area (TPSA) is 92.2 Å². The molecule has 0 radical (unpaired) electrons. The van der Waals surface area contributed by atoms with Gasteiger partial charge in [0.05, 0.1) is 19.2 Å². The van der Waals surface area contributed by atoms with Gasteiger partial charge in [-0.3, -0.25) is 9.59 Å². The maximum Gasteiger partial charge on any atom is 0.259 e. The van der Waals surface area contributed by atoms with E-state index in [1.54, 1.807) is 24.9 Å². The molecule has 186 valence electrons. The van der Waals surface area contributed by atoms with Crippen LogP contribution in [0.3, 0.4) is 0 Å². The molecule has 1 aromatic carbocycles. The molecule has 9 heteroatoms. The number of halogens is 1. The number of hydrogen-bond donors (Lipinski definition) is 1. The number of amides is 2. The van der Waals surface area contributed by atoms with Gasteiger partial charge < -0.3 is 24.4 Å². The highest BCUT2D eigenvalue weighted by Crippen LogP contribution is 2.27. The van der Waals surface area contributed by atoms with Crippen LogP contribution in [0.5, 0.6) is 5.88 Å². The number of pyridine rings is 1. The second-order valence-electron chi connectivity index (χ2n) is 8.63. The number of benzene rings is 1. The number of hydrogen-bond acceptors (Lipinski definition) is 6. The van der Waals surface area contributed by atoms with Crippen LogP contribution in [0.2, 0.25) is 0 Å². The predicted molar refractivity (Wildman–Crippen MR) is 128 cm³/mol. The van der Waals surface area contributed by atoms with Crippen molar-refractivity contribution in [3.8, 4) is 17.7 Å². The summed E-state index contributed by atoms with van der Waals surface area (Å²) in [6, 6.07) is 6.53. The van der Waals surface area contributed by atoms with E-state index in [4.69, 9.17) is 9.47 Å². The first-order valence-corrected chi connectivity index (χ1v) is 11.3. The molecule has 0 fully saturated rings. The van der Waals surface area contributed by atoms with E-state index in [0.29, 0.717) is 17.7 Å². The number of fused-ring (bicyclic) bond motifs is 1. The van der Waals surface area contributed by atoms with E-state index in [9.17, 15) is 19.1 Å². The van der Waals surface area contributed by atoms with Crippen molar-refractivity contribution in [2.75, 3.05) is 40.5 Å². The zero-order valence-corrected chi connectivity index (χ0v) is 20.3. The van der Waals surface area contributed by atoms with Gasteiger partial charge in [0.15, 0.2) is 0 Å². The number of carbonyl (C=O) groups excluding carboxylic acids is 2. The summed E-state index contributed by atoms with van der Waals surface area (Å²) in [6.45, 7) is 4.24. The van der Waals surface area contributed by atoms with Crippen LogP contribution < -0.4 is 4.74 Å². The van der Waals surface area contributed by atoms with Crippen molar-refractivity contribution >= 4 is 11.8 Å². The monoisotopic (exact) mass is 483 g/mol. The number of ether oxygens (including phenoxy) is 2. The Morgan fingerprint density at radius 1 is 1.40 bits per heavy atom. The molecule has 1 aliphatic heterocycles. The van der Waals surface area contributed by atoms with Gasteiger partial charge in [-0.1, -0.05) is 18.8 Å². The van der Waals surface area contributed by atoms with Gasteiger partial charge in [-0.25, -0.2) is 9.37 Å². The summed E-state index contributed by atoms with van der Waals surface area (Å²) in [4.78, 5) is 33.7. The Balaban J connectivity index is 1.92. The molecular formula is C26H30FN3O5. The average Bonchev–Trinajstić information content (AvgIpc) is 2.86. The third kappa shape index (κ3) is 6.35. The third-order valence-electron chi connectivity index (χ3n) is 5.86. The fourth-order valence-electron chi connectivity index (χ4n) is 3.76. The van der Waals surface area contributed by atoms with Crippen molar-refractivity contribution in [1.29, 1.82) is 0 Å². The van der Waals surface area contributed by atoms with Gasteiger partial charge >= 0.3 is 0 Å². The van der Waals surface area contributed by atoms with Crippen LogP contribution in [0.15, 0.2) is 36.5 Å². The minimum Gasteiger partial charge on any atom is -0.472 e. The Kier molecular flexibility index (Phi) is 8.79. The Morgan fingerprint density at radius 2 is 2.11 bits per heavy atom. The quantitative estimate of drug-likeness (QED) is 0.634. The van der Waals surface area contributed by atoms with Gasteiger partial charge in [-0.05, 0) is 37.3 Å². The molecule has 0 saturated heterocycles. The van der Waals surface area contributed by atoms with Gasteiger partial charge in [0.1, 0.15) is 24.1 Å². The lowest BCUT2D eigenvalue weighted by Gasteiger charge is -2.37. The Morgan fingerprint density at radius 3 is 2.77 bits per heavy atom. The highest BCUT2D eigenvalue weighted by Gasteiger charge is 2.34. The number of aliphatic hydroxyl groups excluding tert-OH is 1. The molecule has 2 amide bonds. The first-order valence-electron chi connectivity index (χ1n) is 11.3. The highest BCUT2D eigenvalue weighted by molar-refractivity contribution is 5.97. The molecule has 2 heterocycles. The maximum absolute atomic E-state index is 13.4. The SMILES string of the molecule is COCC#Cc1cnc2c(c1)C(=O)N([C@H](C)CO)C[C@H](C)[C@H](CN(C)C(=O)c1ccc(F)cc1)O2. The molecule has 3 atom stereocenters. The number of methoxy groups -OCH3 is 1. The lowest BCUT2D eigenvalue weighted by atomic mass is 9.99. The summed E-state index contributed by atoms with van der Waals surface area (Å²) >= 11 is 0. The molecular weight excluding hydrogens is 453 g/mol. The number of likely N-dealkylation sites (N-methyl/N-ethyl adjacent to an activating group) is 1. The fraction of sp³-hybridized carbons (Fsp3) is 0.423. The van der Waals surface area contributed by atoms with E-state index in [0.717, 1.165) is 0 Å². The molecule has 3 rings (SSSR count). The minimum atomic E-state index is -0.498. The lowest BCUT2D eigenvalue weighted by molar-refractivity contribution is 0.0313. The molecule has 0 saturated carbocycles. The summed E-state index contributed by atoms with van der Waals surface area (Å²) in [5, 5.41) is 9.77. The number of aromatic nitrogens is 1. The van der Waals surface area contributed by atoms with Crippen molar-refractivity contribution < 1.29 is 28.6 Å². The first-order chi connectivity index (χ1) is 16.7. The average molecular weight is 484 g/mol. The summed E-state index contributed by atoms with van der Waals surface area (Å²) < 4.78 is 24.4. The normalized spacial score (nSPS) is 18.3. The van der Waals surface area contributed by atoms with E-state index in [-0.39, 0.29) is 48.9 Å². The van der Waals surface area contributed by atoms with Gasteiger partial charge in [0, 0.05) is 43.9 Å². The summed E-state index contributed by atoms with van der Waals surface area (Å²) in [5.41, 5.74) is 1.12. The lowest BCUT2D eigenvalue weighted by Crippen LogP contribution is -2.50. The van der Waals surface area contributed by atoms with Crippen LogP contribution in [0, 0.1) is 23.6 Å². The molecule has 1 aliphatic rings. The Hall–Kier alpha value is -3.48. The number of carbonyl (C=O) groups is 2. The largest absolute Gasteiger partial charge is 0.472 e. The smallest absolute Gasteiger partial charge is 0.259 e. The minimum absolute atomic E-state index is 0.140. The fourth-order valence-corrected chi connectivity index (χ4v) is 3.76. The van der Waals surface area contributed by atoms with Gasteiger partial charge in [0.2, 0.25) is 5.88 Å².